The zero-order valence-electron chi connectivity index (χ0n) is 9.54. The van der Waals surface area contributed by atoms with Crippen LogP contribution in [0.15, 0.2) is 0 Å². The van der Waals surface area contributed by atoms with Crippen LogP contribution in [0.5, 0.6) is 0 Å². The quantitative estimate of drug-likeness (QED) is 0.521. The molecule has 1 nitrogen and oxygen atoms in total. The van der Waals surface area contributed by atoms with E-state index in [1.54, 1.807) is 6.92 Å². The van der Waals surface area contributed by atoms with Gasteiger partial charge < -0.3 is 4.79 Å². The van der Waals surface area contributed by atoms with E-state index in [0.717, 1.165) is 18.1 Å². The Kier molecular flexibility index (Phi) is 10.2. The molecule has 0 aromatic heterocycles. The molecule has 0 saturated carbocycles. The molecule has 1 saturated heterocycles. The van der Waals surface area contributed by atoms with Crippen LogP contribution >= 0.6 is 21.6 Å². The Morgan fingerprint density at radius 2 is 2.07 bits per heavy atom. The number of hydrogen-bond acceptors (Lipinski definition) is 3. The number of unbranched alkanes of at least 4 members (excludes halogenated alkanes) is 1. The fourth-order valence-corrected chi connectivity index (χ4v) is 4.34. The number of ketones is 1. The van der Waals surface area contributed by atoms with Crippen molar-refractivity contribution in [3.8, 4) is 0 Å². The molecule has 0 radical (unpaired) electrons. The largest absolute Gasteiger partial charge is 0.300 e. The standard InChI is InChI=1S/C9H16OS2.C2H6/c1-8(10)4-2-3-5-9-6-7-11-12-9;1-2/h9H,2-7H2,1H3;1-2H3. The Labute approximate surface area is 96.2 Å². The minimum absolute atomic E-state index is 0.337. The Hall–Kier alpha value is 0.370. The summed E-state index contributed by atoms with van der Waals surface area (Å²) in [6.07, 6.45) is 5.79. The second-order valence-electron chi connectivity index (χ2n) is 3.28. The van der Waals surface area contributed by atoms with Crippen LogP contribution in [-0.2, 0) is 4.79 Å². The molecule has 3 heteroatoms. The van der Waals surface area contributed by atoms with Gasteiger partial charge in [-0.2, -0.15) is 0 Å². The van der Waals surface area contributed by atoms with Gasteiger partial charge in [0.2, 0.25) is 0 Å². The fourth-order valence-electron chi connectivity index (χ4n) is 1.31. The number of rotatable bonds is 5. The molecule has 1 unspecified atom stereocenters. The van der Waals surface area contributed by atoms with Crippen LogP contribution < -0.4 is 0 Å². The maximum absolute atomic E-state index is 10.6. The Morgan fingerprint density at radius 3 is 2.57 bits per heavy atom. The van der Waals surface area contributed by atoms with E-state index >= 15 is 0 Å². The number of carbonyl (C=O) groups is 1. The molecule has 0 amide bonds. The van der Waals surface area contributed by atoms with Crippen molar-refractivity contribution < 1.29 is 4.79 Å². The van der Waals surface area contributed by atoms with Crippen molar-refractivity contribution >= 4 is 27.4 Å². The molecule has 1 aliphatic rings. The van der Waals surface area contributed by atoms with Crippen LogP contribution in [0, 0.1) is 0 Å². The number of Topliss-reactive ketones (excluding diaryl/α,β-unsaturated/α-hetero) is 1. The van der Waals surface area contributed by atoms with Crippen molar-refractivity contribution in [1.82, 2.24) is 0 Å². The lowest BCUT2D eigenvalue weighted by molar-refractivity contribution is -0.117. The minimum Gasteiger partial charge on any atom is -0.300 e. The van der Waals surface area contributed by atoms with E-state index in [4.69, 9.17) is 0 Å². The molecule has 1 heterocycles. The monoisotopic (exact) mass is 234 g/mol. The van der Waals surface area contributed by atoms with Crippen molar-refractivity contribution in [2.45, 2.75) is 58.1 Å². The van der Waals surface area contributed by atoms with Gasteiger partial charge in [0.05, 0.1) is 0 Å². The first-order valence-electron chi connectivity index (χ1n) is 5.57. The summed E-state index contributed by atoms with van der Waals surface area (Å²) in [5.41, 5.74) is 0. The van der Waals surface area contributed by atoms with Crippen LogP contribution in [0.4, 0.5) is 0 Å². The molecule has 0 bridgehead atoms. The van der Waals surface area contributed by atoms with E-state index < -0.39 is 0 Å². The summed E-state index contributed by atoms with van der Waals surface area (Å²) < 4.78 is 0. The predicted molar refractivity (Wildman–Crippen MR) is 69.0 cm³/mol. The molecular weight excluding hydrogens is 212 g/mol. The highest BCUT2D eigenvalue weighted by Gasteiger charge is 2.15. The van der Waals surface area contributed by atoms with E-state index in [-0.39, 0.29) is 0 Å². The van der Waals surface area contributed by atoms with Crippen LogP contribution in [0.25, 0.3) is 0 Å². The molecule has 1 atom stereocenters. The maximum Gasteiger partial charge on any atom is 0.129 e. The van der Waals surface area contributed by atoms with Crippen molar-refractivity contribution in [2.24, 2.45) is 0 Å². The molecule has 84 valence electrons. The van der Waals surface area contributed by atoms with Crippen LogP contribution in [0.1, 0.15) is 52.9 Å². The summed E-state index contributed by atoms with van der Waals surface area (Å²) in [4.78, 5) is 10.6. The average molecular weight is 234 g/mol. The average Bonchev–Trinajstić information content (AvgIpc) is 2.68. The van der Waals surface area contributed by atoms with E-state index in [1.165, 1.54) is 25.0 Å². The first-order valence-corrected chi connectivity index (χ1v) is 7.95. The van der Waals surface area contributed by atoms with Gasteiger partial charge >= 0.3 is 0 Å². The molecule has 0 aromatic carbocycles. The van der Waals surface area contributed by atoms with E-state index in [1.807, 2.05) is 35.4 Å². The molecule has 14 heavy (non-hydrogen) atoms. The Morgan fingerprint density at radius 1 is 1.36 bits per heavy atom. The molecule has 1 rings (SSSR count). The van der Waals surface area contributed by atoms with Crippen LogP contribution in [0.3, 0.4) is 0 Å². The van der Waals surface area contributed by atoms with Gasteiger partial charge in [-0.15, -0.1) is 0 Å². The highest BCUT2D eigenvalue weighted by molar-refractivity contribution is 8.77. The summed E-state index contributed by atoms with van der Waals surface area (Å²) in [6, 6.07) is 0. The lowest BCUT2D eigenvalue weighted by Gasteiger charge is -2.05. The molecule has 0 aromatic rings. The lowest BCUT2D eigenvalue weighted by Crippen LogP contribution is -1.98. The van der Waals surface area contributed by atoms with E-state index in [9.17, 15) is 4.79 Å². The molecule has 0 aliphatic carbocycles. The summed E-state index contributed by atoms with van der Waals surface area (Å²) in [5.74, 6) is 1.66. The summed E-state index contributed by atoms with van der Waals surface area (Å²) in [7, 11) is 4.03. The first-order chi connectivity index (χ1) is 6.79. The zero-order chi connectivity index (χ0) is 10.8. The highest BCUT2D eigenvalue weighted by Crippen LogP contribution is 2.39. The summed E-state index contributed by atoms with van der Waals surface area (Å²) in [5, 5.41) is 0.877. The molecule has 1 aliphatic heterocycles. The third kappa shape index (κ3) is 7.74. The summed E-state index contributed by atoms with van der Waals surface area (Å²) in [6.45, 7) is 5.68. The first kappa shape index (κ1) is 14.4. The molecule has 0 spiro atoms. The van der Waals surface area contributed by atoms with Crippen molar-refractivity contribution in [3.63, 3.8) is 0 Å². The number of carbonyl (C=O) groups excluding carboxylic acids is 1. The van der Waals surface area contributed by atoms with Crippen molar-refractivity contribution in [3.05, 3.63) is 0 Å². The van der Waals surface area contributed by atoms with E-state index in [2.05, 4.69) is 0 Å². The third-order valence-corrected chi connectivity index (χ3v) is 5.04. The van der Waals surface area contributed by atoms with Crippen molar-refractivity contribution in [1.29, 1.82) is 0 Å². The zero-order valence-corrected chi connectivity index (χ0v) is 11.2. The van der Waals surface area contributed by atoms with Gasteiger partial charge in [-0.25, -0.2) is 0 Å². The second-order valence-corrected chi connectivity index (χ2v) is 6.06. The topological polar surface area (TPSA) is 17.1 Å². The Balaban J connectivity index is 0.000000791. The fraction of sp³-hybridized carbons (Fsp3) is 0.909. The third-order valence-electron chi connectivity index (χ3n) is 2.03. The van der Waals surface area contributed by atoms with Gasteiger partial charge in [0.25, 0.3) is 0 Å². The number of hydrogen-bond donors (Lipinski definition) is 0. The van der Waals surface area contributed by atoms with Gasteiger partial charge in [0.1, 0.15) is 5.78 Å². The van der Waals surface area contributed by atoms with Gasteiger partial charge in [0, 0.05) is 17.4 Å². The van der Waals surface area contributed by atoms with Gasteiger partial charge in [-0.05, 0) is 26.2 Å². The minimum atomic E-state index is 0.337. The highest BCUT2D eigenvalue weighted by atomic mass is 33.1. The van der Waals surface area contributed by atoms with Crippen LogP contribution in [-0.4, -0.2) is 16.8 Å². The van der Waals surface area contributed by atoms with Gasteiger partial charge in [-0.1, -0.05) is 41.9 Å². The van der Waals surface area contributed by atoms with E-state index in [0.29, 0.717) is 5.78 Å². The smallest absolute Gasteiger partial charge is 0.129 e. The Bertz CT molecular complexity index is 142. The maximum atomic E-state index is 10.6. The second kappa shape index (κ2) is 9.91. The van der Waals surface area contributed by atoms with Gasteiger partial charge in [0.15, 0.2) is 0 Å². The molecule has 1 fully saturated rings. The lowest BCUT2D eigenvalue weighted by atomic mass is 10.1. The summed E-state index contributed by atoms with van der Waals surface area (Å²) >= 11 is 0. The SMILES string of the molecule is CC.CC(=O)CCCCC1CCSS1. The van der Waals surface area contributed by atoms with Gasteiger partial charge in [-0.3, -0.25) is 0 Å². The van der Waals surface area contributed by atoms with Crippen LogP contribution in [0.2, 0.25) is 0 Å². The van der Waals surface area contributed by atoms with Crippen molar-refractivity contribution in [2.75, 3.05) is 5.75 Å². The molecular formula is C11H22OS2. The normalized spacial score (nSPS) is 20.1. The molecule has 0 N–H and O–H groups in total. The predicted octanol–water partition coefficient (Wildman–Crippen LogP) is 4.32.